The molecule has 12 aromatic rings. The van der Waals surface area contributed by atoms with Crippen molar-refractivity contribution in [1.82, 2.24) is 0 Å². The van der Waals surface area contributed by atoms with Crippen molar-refractivity contribution in [2.45, 2.75) is 0 Å². The van der Waals surface area contributed by atoms with E-state index in [1.807, 2.05) is 11.3 Å². The fourth-order valence-electron chi connectivity index (χ4n) is 9.20. The van der Waals surface area contributed by atoms with Crippen LogP contribution in [0.25, 0.3) is 119 Å². The van der Waals surface area contributed by atoms with E-state index in [2.05, 4.69) is 194 Å². The third kappa shape index (κ3) is 4.67. The zero-order valence-corrected chi connectivity index (χ0v) is 31.1. The van der Waals surface area contributed by atoms with Gasteiger partial charge in [-0.2, -0.15) is 0 Å². The highest BCUT2D eigenvalue weighted by Crippen LogP contribution is 2.50. The van der Waals surface area contributed by atoms with Gasteiger partial charge in [-0.3, -0.25) is 0 Å². The van der Waals surface area contributed by atoms with E-state index in [1.165, 1.54) is 91.4 Å². The maximum absolute atomic E-state index is 6.87. The van der Waals surface area contributed by atoms with E-state index in [4.69, 9.17) is 4.42 Å². The molecule has 0 unspecified atom stereocenters. The first-order valence-electron chi connectivity index (χ1n) is 19.2. The molecule has 0 aliphatic carbocycles. The molecule has 0 amide bonds. The smallest absolute Gasteiger partial charge is 0.143 e. The zero-order chi connectivity index (χ0) is 36.7. The van der Waals surface area contributed by atoms with Gasteiger partial charge in [-0.05, 0) is 102 Å². The van der Waals surface area contributed by atoms with Crippen molar-refractivity contribution in [1.29, 1.82) is 0 Å². The highest BCUT2D eigenvalue weighted by molar-refractivity contribution is 7.25. The van der Waals surface area contributed by atoms with Gasteiger partial charge in [0, 0.05) is 42.1 Å². The molecule has 2 heteroatoms. The van der Waals surface area contributed by atoms with Crippen LogP contribution in [0.3, 0.4) is 0 Å². The van der Waals surface area contributed by atoms with Gasteiger partial charge in [0.05, 0.1) is 0 Å². The van der Waals surface area contributed by atoms with Crippen LogP contribution in [0.1, 0.15) is 0 Å². The fraction of sp³-hybridized carbons (Fsp3) is 0. The van der Waals surface area contributed by atoms with Crippen LogP contribution >= 0.6 is 11.3 Å². The van der Waals surface area contributed by atoms with Gasteiger partial charge in [0.15, 0.2) is 0 Å². The number of para-hydroxylation sites is 1. The van der Waals surface area contributed by atoms with Crippen LogP contribution in [0.15, 0.2) is 199 Å². The SMILES string of the molecule is c1ccc(-c2c3ccccc3c(-c3cc(-c4cccc5ccccc45)cc4c3oc3ccccc34)c3ccccc23)c(-c2ccc3sc4ccccc4c3c2)c1. The molecule has 0 radical (unpaired) electrons. The van der Waals surface area contributed by atoms with E-state index < -0.39 is 0 Å². The van der Waals surface area contributed by atoms with Crippen molar-refractivity contribution < 1.29 is 4.42 Å². The maximum Gasteiger partial charge on any atom is 0.143 e. The summed E-state index contributed by atoms with van der Waals surface area (Å²) in [6, 6.07) is 71.0. The Balaban J connectivity index is 1.17. The lowest BCUT2D eigenvalue weighted by molar-refractivity contribution is 0.670. The average molecular weight is 729 g/mol. The Morgan fingerprint density at radius 3 is 1.61 bits per heavy atom. The van der Waals surface area contributed by atoms with Crippen LogP contribution in [0.4, 0.5) is 0 Å². The molecule has 2 aromatic heterocycles. The molecule has 0 N–H and O–H groups in total. The number of hydrogen-bond donors (Lipinski definition) is 0. The van der Waals surface area contributed by atoms with E-state index in [1.54, 1.807) is 0 Å². The summed E-state index contributed by atoms with van der Waals surface area (Å²) < 4.78 is 9.50. The minimum absolute atomic E-state index is 0.897. The van der Waals surface area contributed by atoms with E-state index in [9.17, 15) is 0 Å². The van der Waals surface area contributed by atoms with Crippen molar-refractivity contribution in [3.05, 3.63) is 194 Å². The second-order valence-electron chi connectivity index (χ2n) is 14.7. The van der Waals surface area contributed by atoms with Gasteiger partial charge in [0.1, 0.15) is 11.2 Å². The first-order chi connectivity index (χ1) is 27.8. The van der Waals surface area contributed by atoms with Gasteiger partial charge in [-0.25, -0.2) is 0 Å². The third-order valence-electron chi connectivity index (χ3n) is 11.7. The Morgan fingerprint density at radius 2 is 0.839 bits per heavy atom. The van der Waals surface area contributed by atoms with Gasteiger partial charge in [0.25, 0.3) is 0 Å². The Morgan fingerprint density at radius 1 is 0.304 bits per heavy atom. The van der Waals surface area contributed by atoms with E-state index in [0.717, 1.165) is 27.5 Å². The number of benzene rings is 10. The lowest BCUT2D eigenvalue weighted by Gasteiger charge is -2.20. The molecule has 0 aliphatic rings. The van der Waals surface area contributed by atoms with Gasteiger partial charge >= 0.3 is 0 Å². The molecule has 12 rings (SSSR count). The summed E-state index contributed by atoms with van der Waals surface area (Å²) in [4.78, 5) is 0. The lowest BCUT2D eigenvalue weighted by atomic mass is 9.83. The fourth-order valence-corrected chi connectivity index (χ4v) is 10.3. The van der Waals surface area contributed by atoms with Crippen LogP contribution in [0.5, 0.6) is 0 Å². The number of hydrogen-bond acceptors (Lipinski definition) is 2. The van der Waals surface area contributed by atoms with Gasteiger partial charge < -0.3 is 4.42 Å². The minimum Gasteiger partial charge on any atom is -0.455 e. The maximum atomic E-state index is 6.87. The molecule has 0 aliphatic heterocycles. The molecule has 10 aromatic carbocycles. The summed E-state index contributed by atoms with van der Waals surface area (Å²) in [5, 5.41) is 12.2. The first kappa shape index (κ1) is 31.4. The molecule has 0 bridgehead atoms. The summed E-state index contributed by atoms with van der Waals surface area (Å²) in [6.45, 7) is 0. The molecule has 0 spiro atoms. The summed E-state index contributed by atoms with van der Waals surface area (Å²) >= 11 is 1.86. The van der Waals surface area contributed by atoms with Crippen molar-refractivity contribution in [3.8, 4) is 44.5 Å². The number of fused-ring (bicyclic) bond motifs is 9. The second-order valence-corrected chi connectivity index (χ2v) is 15.8. The van der Waals surface area contributed by atoms with Crippen LogP contribution < -0.4 is 0 Å². The minimum atomic E-state index is 0.897. The van der Waals surface area contributed by atoms with Crippen LogP contribution in [0.2, 0.25) is 0 Å². The topological polar surface area (TPSA) is 13.1 Å². The Bertz CT molecular complexity index is 3480. The Hall–Kier alpha value is -7.00. The number of rotatable bonds is 4. The van der Waals surface area contributed by atoms with E-state index in [0.29, 0.717) is 0 Å². The molecular formula is C54H32OS. The monoisotopic (exact) mass is 728 g/mol. The highest BCUT2D eigenvalue weighted by Gasteiger charge is 2.23. The molecule has 0 atom stereocenters. The molecule has 56 heavy (non-hydrogen) atoms. The van der Waals surface area contributed by atoms with Crippen molar-refractivity contribution in [3.63, 3.8) is 0 Å². The first-order valence-corrected chi connectivity index (χ1v) is 20.0. The molecule has 2 heterocycles. The average Bonchev–Trinajstić information content (AvgIpc) is 3.83. The largest absolute Gasteiger partial charge is 0.455 e. The van der Waals surface area contributed by atoms with Crippen LogP contribution in [-0.4, -0.2) is 0 Å². The second kappa shape index (κ2) is 12.3. The Labute approximate surface area is 327 Å². The molecule has 260 valence electrons. The third-order valence-corrected chi connectivity index (χ3v) is 12.8. The standard InChI is InChI=1S/C54H32OS/c1-2-16-36-33(14-1)15-13-25-38(36)35-31-47-39-18-9-11-26-49(39)55-54(47)48(32-35)53-44-23-7-5-21-42(44)52(43-22-6-8-24-45(43)53)41-20-4-3-17-37(41)34-28-29-51-46(30-34)40-19-10-12-27-50(40)56-51/h1-32H. The summed E-state index contributed by atoms with van der Waals surface area (Å²) in [6.07, 6.45) is 0. The van der Waals surface area contributed by atoms with Crippen LogP contribution in [0, 0.1) is 0 Å². The van der Waals surface area contributed by atoms with Crippen molar-refractivity contribution in [2.24, 2.45) is 0 Å². The summed E-state index contributed by atoms with van der Waals surface area (Å²) in [7, 11) is 0. The highest BCUT2D eigenvalue weighted by atomic mass is 32.1. The number of thiophene rings is 1. The van der Waals surface area contributed by atoms with E-state index >= 15 is 0 Å². The lowest BCUT2D eigenvalue weighted by Crippen LogP contribution is -1.93. The van der Waals surface area contributed by atoms with Gasteiger partial charge in [-0.1, -0.05) is 158 Å². The molecule has 0 fully saturated rings. The van der Waals surface area contributed by atoms with Crippen LogP contribution in [-0.2, 0) is 0 Å². The molecule has 0 saturated carbocycles. The Kier molecular flexibility index (Phi) is 6.87. The van der Waals surface area contributed by atoms with E-state index in [-0.39, 0.29) is 0 Å². The van der Waals surface area contributed by atoms with Crippen molar-refractivity contribution in [2.75, 3.05) is 0 Å². The molecular weight excluding hydrogens is 697 g/mol. The predicted octanol–water partition coefficient (Wildman–Crippen LogP) is 16.1. The van der Waals surface area contributed by atoms with Crippen molar-refractivity contribution >= 4 is 85.8 Å². The molecule has 1 nitrogen and oxygen atoms in total. The quantitative estimate of drug-likeness (QED) is 0.165. The summed E-state index contributed by atoms with van der Waals surface area (Å²) in [5.41, 5.74) is 11.4. The van der Waals surface area contributed by atoms with Gasteiger partial charge in [0.2, 0.25) is 0 Å². The predicted molar refractivity (Wildman–Crippen MR) is 241 cm³/mol. The molecule has 0 saturated heterocycles. The van der Waals surface area contributed by atoms with Gasteiger partial charge in [-0.15, -0.1) is 11.3 Å². The zero-order valence-electron chi connectivity index (χ0n) is 30.3. The summed E-state index contributed by atoms with van der Waals surface area (Å²) in [5.74, 6) is 0. The normalized spacial score (nSPS) is 11.9. The number of furan rings is 1.